The Morgan fingerprint density at radius 2 is 2.32 bits per heavy atom. The van der Waals surface area contributed by atoms with Gasteiger partial charge in [-0.2, -0.15) is 0 Å². The molecule has 0 aromatic carbocycles. The molecule has 116 valence electrons. The van der Waals surface area contributed by atoms with E-state index in [-0.39, 0.29) is 12.3 Å². The number of carbonyl (C=O) groups is 2. The lowest BCUT2D eigenvalue weighted by Crippen LogP contribution is -2.48. The molecule has 1 aliphatic heterocycles. The van der Waals surface area contributed by atoms with Gasteiger partial charge in [-0.1, -0.05) is 0 Å². The fourth-order valence-corrected chi connectivity index (χ4v) is 3.46. The van der Waals surface area contributed by atoms with Crippen LogP contribution in [0.5, 0.6) is 0 Å². The van der Waals surface area contributed by atoms with Gasteiger partial charge in [-0.05, 0) is 25.3 Å². The number of carboxylic acids is 1. The summed E-state index contributed by atoms with van der Waals surface area (Å²) in [4.78, 5) is 29.5. The third-order valence-corrected chi connectivity index (χ3v) is 4.70. The molecule has 1 unspecified atom stereocenters. The van der Waals surface area contributed by atoms with E-state index < -0.39 is 12.0 Å². The lowest BCUT2D eigenvalue weighted by Gasteiger charge is -2.32. The van der Waals surface area contributed by atoms with Gasteiger partial charge in [-0.25, -0.2) is 9.78 Å². The zero-order chi connectivity index (χ0) is 15.5. The van der Waals surface area contributed by atoms with Gasteiger partial charge in [0.05, 0.1) is 18.4 Å². The van der Waals surface area contributed by atoms with Gasteiger partial charge in [0.15, 0.2) is 0 Å². The van der Waals surface area contributed by atoms with Crippen LogP contribution in [0.3, 0.4) is 0 Å². The summed E-state index contributed by atoms with van der Waals surface area (Å²) < 4.78 is 5.02. The van der Waals surface area contributed by atoms with Gasteiger partial charge < -0.3 is 14.4 Å². The molecule has 1 fully saturated rings. The molecule has 0 spiro atoms. The highest BCUT2D eigenvalue weighted by Crippen LogP contribution is 2.25. The Labute approximate surface area is 131 Å². The number of rotatable bonds is 4. The average molecular weight is 320 g/mol. The molecule has 1 saturated heterocycles. The Bertz CT molecular complexity index is 665. The van der Waals surface area contributed by atoms with Crippen molar-refractivity contribution in [1.29, 1.82) is 0 Å². The molecule has 1 atom stereocenters. The highest BCUT2D eigenvalue weighted by molar-refractivity contribution is 7.13. The average Bonchev–Trinajstić information content (AvgIpc) is 3.17. The lowest BCUT2D eigenvalue weighted by atomic mass is 10.0. The van der Waals surface area contributed by atoms with E-state index >= 15 is 0 Å². The molecule has 6 nitrogen and oxygen atoms in total. The first kappa shape index (κ1) is 14.8. The van der Waals surface area contributed by atoms with E-state index in [0.29, 0.717) is 18.7 Å². The van der Waals surface area contributed by atoms with Crippen molar-refractivity contribution in [3.05, 3.63) is 29.7 Å². The van der Waals surface area contributed by atoms with Crippen molar-refractivity contribution in [3.63, 3.8) is 0 Å². The standard InChI is InChI=1S/C15H16N2O4S/c18-13(17-5-2-1-3-12(17)15(19)20)7-11-9-22-14(16-11)10-4-6-21-8-10/h4,6,8-9,12H,1-3,5,7H2,(H,19,20). The number of furan rings is 1. The summed E-state index contributed by atoms with van der Waals surface area (Å²) in [5.41, 5.74) is 1.55. The third kappa shape index (κ3) is 3.04. The maximum Gasteiger partial charge on any atom is 0.326 e. The Balaban J connectivity index is 1.70. The second-order valence-electron chi connectivity index (χ2n) is 5.27. The summed E-state index contributed by atoms with van der Waals surface area (Å²) in [7, 11) is 0. The molecular weight excluding hydrogens is 304 g/mol. The number of carboxylic acid groups (broad SMARTS) is 1. The Morgan fingerprint density at radius 1 is 1.45 bits per heavy atom. The molecule has 0 radical (unpaired) electrons. The van der Waals surface area contributed by atoms with Crippen LogP contribution in [0.2, 0.25) is 0 Å². The van der Waals surface area contributed by atoms with Gasteiger partial charge >= 0.3 is 5.97 Å². The zero-order valence-corrected chi connectivity index (χ0v) is 12.7. The number of nitrogens with zero attached hydrogens (tertiary/aromatic N) is 2. The maximum atomic E-state index is 12.4. The molecule has 7 heteroatoms. The number of hydrogen-bond donors (Lipinski definition) is 1. The number of aliphatic carboxylic acids is 1. The summed E-state index contributed by atoms with van der Waals surface area (Å²) in [6.45, 7) is 0.508. The van der Waals surface area contributed by atoms with E-state index in [4.69, 9.17) is 4.42 Å². The minimum Gasteiger partial charge on any atom is -0.480 e. The minimum absolute atomic E-state index is 0.137. The molecular formula is C15H16N2O4S. The first-order valence-corrected chi connectivity index (χ1v) is 8.02. The summed E-state index contributed by atoms with van der Waals surface area (Å²) in [5.74, 6) is -1.10. The number of hydrogen-bond acceptors (Lipinski definition) is 5. The van der Waals surface area contributed by atoms with E-state index in [0.717, 1.165) is 23.4 Å². The number of piperidine rings is 1. The van der Waals surface area contributed by atoms with Crippen LogP contribution in [0.1, 0.15) is 25.0 Å². The Morgan fingerprint density at radius 3 is 3.05 bits per heavy atom. The van der Waals surface area contributed by atoms with Gasteiger partial charge in [-0.15, -0.1) is 11.3 Å². The maximum absolute atomic E-state index is 12.4. The Kier molecular flexibility index (Phi) is 4.24. The van der Waals surface area contributed by atoms with Crippen LogP contribution in [0.25, 0.3) is 10.6 Å². The van der Waals surface area contributed by atoms with Crippen LogP contribution in [-0.2, 0) is 16.0 Å². The van der Waals surface area contributed by atoms with Crippen molar-refractivity contribution in [3.8, 4) is 10.6 Å². The number of aromatic nitrogens is 1. The first-order chi connectivity index (χ1) is 10.6. The number of carbonyl (C=O) groups excluding carboxylic acids is 1. The molecule has 2 aromatic rings. The first-order valence-electron chi connectivity index (χ1n) is 7.14. The molecule has 0 bridgehead atoms. The van der Waals surface area contributed by atoms with Crippen molar-refractivity contribution in [2.45, 2.75) is 31.7 Å². The monoisotopic (exact) mass is 320 g/mol. The Hall–Kier alpha value is -2.15. The summed E-state index contributed by atoms with van der Waals surface area (Å²) in [5, 5.41) is 11.9. The van der Waals surface area contributed by atoms with E-state index in [2.05, 4.69) is 4.98 Å². The lowest BCUT2D eigenvalue weighted by molar-refractivity contribution is -0.151. The fourth-order valence-electron chi connectivity index (χ4n) is 2.65. The van der Waals surface area contributed by atoms with E-state index in [9.17, 15) is 14.7 Å². The summed E-state index contributed by atoms with van der Waals surface area (Å²) >= 11 is 1.44. The minimum atomic E-state index is -0.926. The van der Waals surface area contributed by atoms with Gasteiger partial charge in [0.2, 0.25) is 5.91 Å². The van der Waals surface area contributed by atoms with Crippen LogP contribution in [0.15, 0.2) is 28.4 Å². The third-order valence-electron chi connectivity index (χ3n) is 3.76. The highest BCUT2D eigenvalue weighted by Gasteiger charge is 2.31. The molecule has 0 saturated carbocycles. The molecule has 2 aromatic heterocycles. The number of likely N-dealkylation sites (tertiary alicyclic amines) is 1. The van der Waals surface area contributed by atoms with E-state index in [1.807, 2.05) is 11.4 Å². The topological polar surface area (TPSA) is 83.6 Å². The number of amides is 1. The molecule has 3 heterocycles. The smallest absolute Gasteiger partial charge is 0.326 e. The molecule has 1 amide bonds. The van der Waals surface area contributed by atoms with Crippen molar-refractivity contribution in [2.24, 2.45) is 0 Å². The fraction of sp³-hybridized carbons (Fsp3) is 0.400. The summed E-state index contributed by atoms with van der Waals surface area (Å²) in [6, 6.07) is 1.11. The van der Waals surface area contributed by atoms with Crippen molar-refractivity contribution < 1.29 is 19.1 Å². The molecule has 1 aliphatic rings. The molecule has 0 aliphatic carbocycles. The van der Waals surface area contributed by atoms with Crippen LogP contribution in [-0.4, -0.2) is 39.5 Å². The highest BCUT2D eigenvalue weighted by atomic mass is 32.1. The van der Waals surface area contributed by atoms with Crippen LogP contribution < -0.4 is 0 Å². The van der Waals surface area contributed by atoms with Gasteiger partial charge in [0, 0.05) is 17.5 Å². The van der Waals surface area contributed by atoms with Crippen molar-refractivity contribution >= 4 is 23.2 Å². The van der Waals surface area contributed by atoms with Gasteiger partial charge in [-0.3, -0.25) is 4.79 Å². The van der Waals surface area contributed by atoms with E-state index in [1.54, 1.807) is 12.5 Å². The second kappa shape index (κ2) is 6.31. The van der Waals surface area contributed by atoms with Gasteiger partial charge in [0.25, 0.3) is 0 Å². The van der Waals surface area contributed by atoms with Crippen LogP contribution in [0.4, 0.5) is 0 Å². The quantitative estimate of drug-likeness (QED) is 0.935. The number of thiazole rings is 1. The van der Waals surface area contributed by atoms with Crippen molar-refractivity contribution in [2.75, 3.05) is 6.54 Å². The van der Waals surface area contributed by atoms with Crippen molar-refractivity contribution in [1.82, 2.24) is 9.88 Å². The summed E-state index contributed by atoms with van der Waals surface area (Å²) in [6.07, 6.45) is 5.55. The SMILES string of the molecule is O=C(O)C1CCCCN1C(=O)Cc1csc(-c2ccoc2)n1. The van der Waals surface area contributed by atoms with E-state index in [1.165, 1.54) is 16.2 Å². The predicted molar refractivity (Wildman–Crippen MR) is 80.5 cm³/mol. The van der Waals surface area contributed by atoms with Crippen LogP contribution in [0, 0.1) is 0 Å². The molecule has 1 N–H and O–H groups in total. The van der Waals surface area contributed by atoms with Gasteiger partial charge in [0.1, 0.15) is 17.3 Å². The largest absolute Gasteiger partial charge is 0.480 e. The predicted octanol–water partition coefficient (Wildman–Crippen LogP) is 2.41. The molecule has 22 heavy (non-hydrogen) atoms. The normalized spacial score (nSPS) is 18.4. The van der Waals surface area contributed by atoms with Crippen LogP contribution >= 0.6 is 11.3 Å². The molecule has 3 rings (SSSR count). The zero-order valence-electron chi connectivity index (χ0n) is 11.9. The second-order valence-corrected chi connectivity index (χ2v) is 6.13.